The van der Waals surface area contributed by atoms with Crippen LogP contribution in [0.1, 0.15) is 51.5 Å². The van der Waals surface area contributed by atoms with Crippen LogP contribution in [-0.2, 0) is 0 Å². The number of oxazole rings is 1. The second-order valence-corrected chi connectivity index (χ2v) is 6.05. The maximum Gasteiger partial charge on any atom is 0.201 e. The highest BCUT2D eigenvalue weighted by Gasteiger charge is 2.21. The zero-order valence-electron chi connectivity index (χ0n) is 13.5. The van der Waals surface area contributed by atoms with Crippen LogP contribution in [0.25, 0.3) is 0 Å². The topological polar surface area (TPSA) is 29.3 Å². The molecule has 0 spiro atoms. The molecular weight excluding hydrogens is 260 g/mol. The highest BCUT2D eigenvalue weighted by Crippen LogP contribution is 2.27. The Bertz CT molecular complexity index is 497. The molecule has 1 aromatic carbocycles. The molecular formula is C18H26N2O. The van der Waals surface area contributed by atoms with Gasteiger partial charge in [-0.2, -0.15) is 0 Å². The van der Waals surface area contributed by atoms with Crippen LogP contribution in [0.15, 0.2) is 47.2 Å². The Labute approximate surface area is 128 Å². The quantitative estimate of drug-likeness (QED) is 0.759. The van der Waals surface area contributed by atoms with Crippen molar-refractivity contribution in [2.45, 2.75) is 52.1 Å². The van der Waals surface area contributed by atoms with Gasteiger partial charge in [0.2, 0.25) is 5.89 Å². The van der Waals surface area contributed by atoms with Crippen LogP contribution < -0.4 is 0 Å². The highest BCUT2D eigenvalue weighted by atomic mass is 16.3. The predicted octanol–water partition coefficient (Wildman–Crippen LogP) is 4.32. The Morgan fingerprint density at radius 3 is 2.24 bits per heavy atom. The van der Waals surface area contributed by atoms with Crippen molar-refractivity contribution in [3.8, 4) is 0 Å². The van der Waals surface area contributed by atoms with Crippen molar-refractivity contribution < 1.29 is 4.42 Å². The van der Waals surface area contributed by atoms with Crippen molar-refractivity contribution in [1.29, 1.82) is 0 Å². The van der Waals surface area contributed by atoms with Gasteiger partial charge >= 0.3 is 0 Å². The van der Waals surface area contributed by atoms with E-state index < -0.39 is 0 Å². The van der Waals surface area contributed by atoms with Crippen LogP contribution >= 0.6 is 0 Å². The molecule has 0 aliphatic carbocycles. The van der Waals surface area contributed by atoms with Crippen molar-refractivity contribution in [2.24, 2.45) is 0 Å². The Balaban J connectivity index is 2.14. The van der Waals surface area contributed by atoms with Gasteiger partial charge in [-0.15, -0.1) is 0 Å². The van der Waals surface area contributed by atoms with Gasteiger partial charge in [-0.1, -0.05) is 30.3 Å². The molecule has 1 heterocycles. The van der Waals surface area contributed by atoms with Crippen LogP contribution in [0.2, 0.25) is 0 Å². The van der Waals surface area contributed by atoms with E-state index in [1.807, 2.05) is 6.07 Å². The SMILES string of the molecule is CC(C)N(CCC(c1ccccc1)c1ncco1)C(C)C. The molecule has 0 radical (unpaired) electrons. The summed E-state index contributed by atoms with van der Waals surface area (Å²) < 4.78 is 5.57. The van der Waals surface area contributed by atoms with Gasteiger partial charge in [-0.3, -0.25) is 4.90 Å². The van der Waals surface area contributed by atoms with E-state index in [0.29, 0.717) is 12.1 Å². The van der Waals surface area contributed by atoms with Crippen LogP contribution in [0, 0.1) is 0 Å². The van der Waals surface area contributed by atoms with E-state index in [2.05, 4.69) is 61.8 Å². The molecule has 0 fully saturated rings. The van der Waals surface area contributed by atoms with E-state index >= 15 is 0 Å². The van der Waals surface area contributed by atoms with Crippen molar-refractivity contribution in [1.82, 2.24) is 9.88 Å². The van der Waals surface area contributed by atoms with Gasteiger partial charge in [0, 0.05) is 12.1 Å². The normalized spacial score (nSPS) is 13.3. The first-order valence-corrected chi connectivity index (χ1v) is 7.79. The number of rotatable bonds is 7. The standard InChI is InChI=1S/C18H26N2O/c1-14(2)20(15(3)4)12-10-17(18-19-11-13-21-18)16-8-6-5-7-9-16/h5-9,11,13-15,17H,10,12H2,1-4H3. The summed E-state index contributed by atoms with van der Waals surface area (Å²) in [5.74, 6) is 1.04. The second-order valence-electron chi connectivity index (χ2n) is 6.05. The monoisotopic (exact) mass is 286 g/mol. The van der Waals surface area contributed by atoms with E-state index in [4.69, 9.17) is 4.42 Å². The van der Waals surface area contributed by atoms with Crippen LogP contribution in [0.3, 0.4) is 0 Å². The third-order valence-corrected chi connectivity index (χ3v) is 3.95. The van der Waals surface area contributed by atoms with E-state index in [9.17, 15) is 0 Å². The number of hydrogen-bond donors (Lipinski definition) is 0. The van der Waals surface area contributed by atoms with E-state index in [0.717, 1.165) is 18.9 Å². The van der Waals surface area contributed by atoms with Crippen molar-refractivity contribution in [2.75, 3.05) is 6.54 Å². The van der Waals surface area contributed by atoms with Crippen molar-refractivity contribution in [3.05, 3.63) is 54.2 Å². The van der Waals surface area contributed by atoms with E-state index in [1.54, 1.807) is 12.5 Å². The largest absolute Gasteiger partial charge is 0.448 e. The molecule has 0 saturated heterocycles. The molecule has 3 nitrogen and oxygen atoms in total. The molecule has 2 rings (SSSR count). The molecule has 114 valence electrons. The molecule has 1 aromatic heterocycles. The van der Waals surface area contributed by atoms with Crippen molar-refractivity contribution >= 4 is 0 Å². The summed E-state index contributed by atoms with van der Waals surface area (Å²) in [5.41, 5.74) is 1.27. The minimum absolute atomic E-state index is 0.223. The second kappa shape index (κ2) is 7.41. The molecule has 0 N–H and O–H groups in total. The predicted molar refractivity (Wildman–Crippen MR) is 86.4 cm³/mol. The van der Waals surface area contributed by atoms with Gasteiger partial charge in [-0.25, -0.2) is 4.98 Å². The van der Waals surface area contributed by atoms with Crippen molar-refractivity contribution in [3.63, 3.8) is 0 Å². The van der Waals surface area contributed by atoms with Gasteiger partial charge in [0.05, 0.1) is 12.1 Å². The molecule has 0 aliphatic rings. The lowest BCUT2D eigenvalue weighted by Gasteiger charge is -2.31. The summed E-state index contributed by atoms with van der Waals surface area (Å²) >= 11 is 0. The Morgan fingerprint density at radius 1 is 1.05 bits per heavy atom. The van der Waals surface area contributed by atoms with Crippen LogP contribution in [0.4, 0.5) is 0 Å². The summed E-state index contributed by atoms with van der Waals surface area (Å²) in [7, 11) is 0. The molecule has 0 saturated carbocycles. The zero-order valence-corrected chi connectivity index (χ0v) is 13.5. The summed E-state index contributed by atoms with van der Waals surface area (Å²) in [6.07, 6.45) is 4.41. The van der Waals surface area contributed by atoms with Gasteiger partial charge < -0.3 is 4.42 Å². The number of aromatic nitrogens is 1. The first kappa shape index (κ1) is 15.8. The molecule has 0 aliphatic heterocycles. The molecule has 0 amide bonds. The lowest BCUT2D eigenvalue weighted by Crippen LogP contribution is -2.38. The average Bonchev–Trinajstić information content (AvgIpc) is 2.97. The Morgan fingerprint density at radius 2 is 1.71 bits per heavy atom. The molecule has 2 aromatic rings. The molecule has 3 heteroatoms. The van der Waals surface area contributed by atoms with Gasteiger partial charge in [0.25, 0.3) is 0 Å². The highest BCUT2D eigenvalue weighted by molar-refractivity contribution is 5.24. The average molecular weight is 286 g/mol. The fourth-order valence-corrected chi connectivity index (χ4v) is 2.92. The first-order chi connectivity index (χ1) is 10.1. The fraction of sp³-hybridized carbons (Fsp3) is 0.500. The lowest BCUT2D eigenvalue weighted by molar-refractivity contribution is 0.169. The smallest absolute Gasteiger partial charge is 0.201 e. The Kier molecular flexibility index (Phi) is 5.57. The lowest BCUT2D eigenvalue weighted by atomic mass is 9.95. The maximum atomic E-state index is 5.57. The summed E-state index contributed by atoms with van der Waals surface area (Å²) in [6, 6.07) is 11.6. The zero-order chi connectivity index (χ0) is 15.2. The third-order valence-electron chi connectivity index (χ3n) is 3.95. The number of benzene rings is 1. The van der Waals surface area contributed by atoms with Gasteiger partial charge in [-0.05, 0) is 46.2 Å². The van der Waals surface area contributed by atoms with Gasteiger partial charge in [0.15, 0.2) is 0 Å². The minimum Gasteiger partial charge on any atom is -0.448 e. The van der Waals surface area contributed by atoms with Crippen LogP contribution in [0.5, 0.6) is 0 Å². The summed E-state index contributed by atoms with van der Waals surface area (Å²) in [6.45, 7) is 10.0. The minimum atomic E-state index is 0.223. The molecule has 0 bridgehead atoms. The van der Waals surface area contributed by atoms with Gasteiger partial charge in [0.1, 0.15) is 6.26 Å². The fourth-order valence-electron chi connectivity index (χ4n) is 2.92. The van der Waals surface area contributed by atoms with E-state index in [-0.39, 0.29) is 5.92 Å². The summed E-state index contributed by atoms with van der Waals surface area (Å²) in [5, 5.41) is 0. The number of nitrogens with zero attached hydrogens (tertiary/aromatic N) is 2. The third kappa shape index (κ3) is 4.18. The first-order valence-electron chi connectivity index (χ1n) is 7.79. The Hall–Kier alpha value is -1.61. The number of hydrogen-bond acceptors (Lipinski definition) is 3. The molecule has 21 heavy (non-hydrogen) atoms. The van der Waals surface area contributed by atoms with E-state index in [1.165, 1.54) is 5.56 Å². The molecule has 1 unspecified atom stereocenters. The van der Waals surface area contributed by atoms with Crippen LogP contribution in [-0.4, -0.2) is 28.5 Å². The molecule has 1 atom stereocenters. The summed E-state index contributed by atoms with van der Waals surface area (Å²) in [4.78, 5) is 6.89. The maximum absolute atomic E-state index is 5.57.